The number of carbonyl (C=O) groups is 1. The van der Waals surface area contributed by atoms with Crippen LogP contribution in [-0.2, 0) is 4.79 Å². The molecule has 17 heavy (non-hydrogen) atoms. The van der Waals surface area contributed by atoms with Gasteiger partial charge in [0.05, 0.1) is 12.2 Å². The maximum atomic E-state index is 13.4. The van der Waals surface area contributed by atoms with Crippen LogP contribution in [0.15, 0.2) is 18.2 Å². The van der Waals surface area contributed by atoms with Gasteiger partial charge in [-0.3, -0.25) is 4.79 Å². The van der Waals surface area contributed by atoms with Crippen LogP contribution < -0.4 is 10.6 Å². The van der Waals surface area contributed by atoms with Crippen LogP contribution in [-0.4, -0.2) is 18.5 Å². The van der Waals surface area contributed by atoms with Gasteiger partial charge in [0.1, 0.15) is 5.82 Å². The average molecular weight is 238 g/mol. The summed E-state index contributed by atoms with van der Waals surface area (Å²) in [6, 6.07) is 5.03. The molecule has 0 fully saturated rings. The molecule has 1 unspecified atom stereocenters. The molecule has 1 atom stereocenters. The van der Waals surface area contributed by atoms with E-state index in [1.807, 2.05) is 20.8 Å². The van der Waals surface area contributed by atoms with Gasteiger partial charge in [-0.15, -0.1) is 0 Å². The Morgan fingerprint density at radius 2 is 2.18 bits per heavy atom. The van der Waals surface area contributed by atoms with Crippen molar-refractivity contribution in [3.8, 4) is 0 Å². The summed E-state index contributed by atoms with van der Waals surface area (Å²) in [5, 5.41) is 5.59. The summed E-state index contributed by atoms with van der Waals surface area (Å²) in [5.74, 6) is -0.458. The molecule has 0 aliphatic rings. The predicted octanol–water partition coefficient (Wildman–Crippen LogP) is 2.46. The number of amides is 1. The highest BCUT2D eigenvalue weighted by molar-refractivity contribution is 5.80. The van der Waals surface area contributed by atoms with Crippen molar-refractivity contribution in [2.75, 3.05) is 11.9 Å². The quantitative estimate of drug-likeness (QED) is 0.827. The van der Waals surface area contributed by atoms with E-state index in [0.29, 0.717) is 5.69 Å². The molecule has 4 heteroatoms. The molecule has 94 valence electrons. The molecule has 0 aliphatic heterocycles. The summed E-state index contributed by atoms with van der Waals surface area (Å²) in [7, 11) is 0. The van der Waals surface area contributed by atoms with Crippen LogP contribution >= 0.6 is 0 Å². The number of anilines is 1. The van der Waals surface area contributed by atoms with Crippen molar-refractivity contribution in [1.29, 1.82) is 0 Å². The van der Waals surface area contributed by atoms with Gasteiger partial charge < -0.3 is 10.6 Å². The van der Waals surface area contributed by atoms with Crippen LogP contribution in [0, 0.1) is 12.7 Å². The Morgan fingerprint density at radius 3 is 2.76 bits per heavy atom. The summed E-state index contributed by atoms with van der Waals surface area (Å²) in [6.07, 6.45) is 0.880. The van der Waals surface area contributed by atoms with Gasteiger partial charge in [-0.2, -0.15) is 0 Å². The van der Waals surface area contributed by atoms with Gasteiger partial charge in [-0.05, 0) is 38.0 Å². The van der Waals surface area contributed by atoms with Crippen LogP contribution in [0.1, 0.15) is 25.8 Å². The van der Waals surface area contributed by atoms with Gasteiger partial charge in [0.15, 0.2) is 0 Å². The Bertz CT molecular complexity index is 393. The molecule has 0 spiro atoms. The van der Waals surface area contributed by atoms with Crippen LogP contribution in [0.4, 0.5) is 10.1 Å². The minimum absolute atomic E-state index is 0.0876. The first-order chi connectivity index (χ1) is 8.02. The van der Waals surface area contributed by atoms with Gasteiger partial charge in [-0.1, -0.05) is 13.0 Å². The Labute approximate surface area is 101 Å². The lowest BCUT2D eigenvalue weighted by molar-refractivity contribution is -0.120. The minimum Gasteiger partial charge on any atom is -0.374 e. The predicted molar refractivity (Wildman–Crippen MR) is 67.5 cm³/mol. The molecule has 1 rings (SSSR count). The van der Waals surface area contributed by atoms with E-state index in [-0.39, 0.29) is 24.3 Å². The molecule has 1 amide bonds. The van der Waals surface area contributed by atoms with E-state index >= 15 is 0 Å². The summed E-state index contributed by atoms with van der Waals surface area (Å²) in [5.41, 5.74) is 1.21. The first-order valence-electron chi connectivity index (χ1n) is 5.82. The van der Waals surface area contributed by atoms with Crippen molar-refractivity contribution < 1.29 is 9.18 Å². The molecule has 0 bridgehead atoms. The van der Waals surface area contributed by atoms with Gasteiger partial charge in [0, 0.05) is 6.04 Å². The molecule has 1 aromatic carbocycles. The van der Waals surface area contributed by atoms with Gasteiger partial charge in [0.25, 0.3) is 0 Å². The standard InChI is InChI=1S/C13H19FN2O/c1-4-10(3)16-13(17)8-15-12-6-5-9(2)7-11(12)14/h5-7,10,15H,4,8H2,1-3H3,(H,16,17). The number of aryl methyl sites for hydroxylation is 1. The highest BCUT2D eigenvalue weighted by Gasteiger charge is 2.07. The highest BCUT2D eigenvalue weighted by Crippen LogP contribution is 2.14. The number of nitrogens with one attached hydrogen (secondary N) is 2. The van der Waals surface area contributed by atoms with Gasteiger partial charge in [0.2, 0.25) is 5.91 Å². The van der Waals surface area contributed by atoms with E-state index in [1.165, 1.54) is 6.07 Å². The molecule has 0 saturated carbocycles. The number of hydrogen-bond acceptors (Lipinski definition) is 2. The molecule has 2 N–H and O–H groups in total. The third-order valence-electron chi connectivity index (χ3n) is 2.58. The van der Waals surface area contributed by atoms with E-state index in [4.69, 9.17) is 0 Å². The van der Waals surface area contributed by atoms with Crippen LogP contribution in [0.3, 0.4) is 0 Å². The Kier molecular flexibility index (Phi) is 4.94. The van der Waals surface area contributed by atoms with E-state index < -0.39 is 0 Å². The van der Waals surface area contributed by atoms with E-state index in [0.717, 1.165) is 12.0 Å². The van der Waals surface area contributed by atoms with Crippen molar-refractivity contribution in [2.45, 2.75) is 33.2 Å². The minimum atomic E-state index is -0.332. The first-order valence-corrected chi connectivity index (χ1v) is 5.82. The zero-order valence-electron chi connectivity index (χ0n) is 10.5. The van der Waals surface area contributed by atoms with Crippen LogP contribution in [0.25, 0.3) is 0 Å². The smallest absolute Gasteiger partial charge is 0.239 e. The van der Waals surface area contributed by atoms with Crippen molar-refractivity contribution in [1.82, 2.24) is 5.32 Å². The van der Waals surface area contributed by atoms with Gasteiger partial charge >= 0.3 is 0 Å². The van der Waals surface area contributed by atoms with Crippen molar-refractivity contribution in [3.63, 3.8) is 0 Å². The van der Waals surface area contributed by atoms with E-state index in [2.05, 4.69) is 10.6 Å². The molecule has 0 aromatic heterocycles. The number of rotatable bonds is 5. The lowest BCUT2D eigenvalue weighted by atomic mass is 10.2. The number of halogens is 1. The zero-order chi connectivity index (χ0) is 12.8. The van der Waals surface area contributed by atoms with Crippen LogP contribution in [0.5, 0.6) is 0 Å². The molecule has 0 heterocycles. The second-order valence-corrected chi connectivity index (χ2v) is 4.21. The number of benzene rings is 1. The lowest BCUT2D eigenvalue weighted by Gasteiger charge is -2.12. The third kappa shape index (κ3) is 4.43. The first kappa shape index (κ1) is 13.5. The maximum Gasteiger partial charge on any atom is 0.239 e. The summed E-state index contributed by atoms with van der Waals surface area (Å²) in [6.45, 7) is 5.84. The second kappa shape index (κ2) is 6.23. The average Bonchev–Trinajstić information content (AvgIpc) is 2.27. The van der Waals surface area contributed by atoms with Crippen molar-refractivity contribution in [3.05, 3.63) is 29.6 Å². The summed E-state index contributed by atoms with van der Waals surface area (Å²) >= 11 is 0. The fraction of sp³-hybridized carbons (Fsp3) is 0.462. The van der Waals surface area contributed by atoms with Crippen LogP contribution in [0.2, 0.25) is 0 Å². The number of hydrogen-bond donors (Lipinski definition) is 2. The summed E-state index contributed by atoms with van der Waals surface area (Å²) < 4.78 is 13.4. The zero-order valence-corrected chi connectivity index (χ0v) is 10.5. The number of carbonyl (C=O) groups excluding carboxylic acids is 1. The topological polar surface area (TPSA) is 41.1 Å². The monoisotopic (exact) mass is 238 g/mol. The van der Waals surface area contributed by atoms with E-state index in [9.17, 15) is 9.18 Å². The molecule has 1 aromatic rings. The molecule has 3 nitrogen and oxygen atoms in total. The molecule has 0 radical (unpaired) electrons. The Balaban J connectivity index is 2.47. The van der Waals surface area contributed by atoms with Crippen molar-refractivity contribution in [2.24, 2.45) is 0 Å². The Morgan fingerprint density at radius 1 is 1.47 bits per heavy atom. The molecular formula is C13H19FN2O. The molecular weight excluding hydrogens is 219 g/mol. The van der Waals surface area contributed by atoms with E-state index in [1.54, 1.807) is 12.1 Å². The fourth-order valence-corrected chi connectivity index (χ4v) is 1.37. The van der Waals surface area contributed by atoms with Crippen molar-refractivity contribution >= 4 is 11.6 Å². The highest BCUT2D eigenvalue weighted by atomic mass is 19.1. The largest absolute Gasteiger partial charge is 0.374 e. The van der Waals surface area contributed by atoms with Gasteiger partial charge in [-0.25, -0.2) is 4.39 Å². The molecule has 0 aliphatic carbocycles. The third-order valence-corrected chi connectivity index (χ3v) is 2.58. The maximum absolute atomic E-state index is 13.4. The Hall–Kier alpha value is -1.58. The lowest BCUT2D eigenvalue weighted by Crippen LogP contribution is -2.36. The molecule has 0 saturated heterocycles. The SMILES string of the molecule is CCC(C)NC(=O)CNc1ccc(C)cc1F. The fourth-order valence-electron chi connectivity index (χ4n) is 1.37. The second-order valence-electron chi connectivity index (χ2n) is 4.21. The summed E-state index contributed by atoms with van der Waals surface area (Å²) in [4.78, 5) is 11.5. The normalized spacial score (nSPS) is 12.0.